The van der Waals surface area contributed by atoms with Crippen LogP contribution in [0.2, 0.25) is 0 Å². The van der Waals surface area contributed by atoms with Crippen LogP contribution in [0.5, 0.6) is 0 Å². The third-order valence-electron chi connectivity index (χ3n) is 3.66. The van der Waals surface area contributed by atoms with Crippen LogP contribution in [0.15, 0.2) is 12.7 Å². The van der Waals surface area contributed by atoms with E-state index in [9.17, 15) is 9.59 Å². The molecular weight excluding hydrogens is 268 g/mol. The Labute approximate surface area is 126 Å². The Morgan fingerprint density at radius 3 is 2.67 bits per heavy atom. The number of rotatable bonds is 6. The van der Waals surface area contributed by atoms with Gasteiger partial charge >= 0.3 is 6.03 Å². The quantitative estimate of drug-likeness (QED) is 0.446. The number of carbonyl (C=O) groups excluding carboxylic acids is 2. The van der Waals surface area contributed by atoms with Gasteiger partial charge in [-0.1, -0.05) is 38.2 Å². The third-order valence-corrected chi connectivity index (χ3v) is 3.66. The predicted octanol–water partition coefficient (Wildman–Crippen LogP) is 2.10. The minimum Gasteiger partial charge on any atom is -0.333 e. The van der Waals surface area contributed by atoms with E-state index in [1.807, 2.05) is 6.07 Å². The first-order chi connectivity index (χ1) is 10.2. The van der Waals surface area contributed by atoms with Gasteiger partial charge in [-0.2, -0.15) is 5.26 Å². The van der Waals surface area contributed by atoms with Crippen LogP contribution < -0.4 is 10.7 Å². The third kappa shape index (κ3) is 6.80. The topological polar surface area (TPSA) is 85.2 Å². The molecule has 1 aliphatic rings. The average molecular weight is 292 g/mol. The Morgan fingerprint density at radius 2 is 2.05 bits per heavy atom. The van der Waals surface area contributed by atoms with Crippen molar-refractivity contribution in [2.24, 2.45) is 5.92 Å². The first-order valence-electron chi connectivity index (χ1n) is 7.50. The molecule has 6 heteroatoms. The Bertz CT molecular complexity index is 397. The van der Waals surface area contributed by atoms with E-state index in [0.717, 1.165) is 11.4 Å². The van der Waals surface area contributed by atoms with E-state index < -0.39 is 6.03 Å². The van der Waals surface area contributed by atoms with Crippen LogP contribution in [-0.4, -0.2) is 30.0 Å². The van der Waals surface area contributed by atoms with Crippen LogP contribution in [0, 0.1) is 17.2 Å². The molecule has 3 amide bonds. The van der Waals surface area contributed by atoms with Crippen LogP contribution in [0.4, 0.5) is 4.79 Å². The summed E-state index contributed by atoms with van der Waals surface area (Å²) >= 11 is 0. The van der Waals surface area contributed by atoms with E-state index in [1.165, 1.54) is 32.1 Å². The van der Waals surface area contributed by atoms with E-state index in [4.69, 9.17) is 5.26 Å². The molecule has 0 heterocycles. The number of amides is 3. The molecule has 0 aromatic rings. The van der Waals surface area contributed by atoms with E-state index in [1.54, 1.807) is 6.08 Å². The normalized spacial score (nSPS) is 14.8. The Morgan fingerprint density at radius 1 is 1.33 bits per heavy atom. The molecule has 0 unspecified atom stereocenters. The number of carbonyl (C=O) groups is 2. The molecule has 0 atom stereocenters. The maximum absolute atomic E-state index is 12.1. The van der Waals surface area contributed by atoms with Crippen LogP contribution in [0.25, 0.3) is 0 Å². The maximum atomic E-state index is 12.1. The summed E-state index contributed by atoms with van der Waals surface area (Å²) in [5.74, 6) is 0.386. The van der Waals surface area contributed by atoms with Gasteiger partial charge in [-0.05, 0) is 12.3 Å². The SMILES string of the molecule is C=CCNC(=O)NN(CC#N)C(=O)CCC1CCCCC1. The highest BCUT2D eigenvalue weighted by molar-refractivity contribution is 5.81. The van der Waals surface area contributed by atoms with Gasteiger partial charge in [0, 0.05) is 13.0 Å². The van der Waals surface area contributed by atoms with Crippen LogP contribution in [-0.2, 0) is 4.79 Å². The van der Waals surface area contributed by atoms with Gasteiger partial charge < -0.3 is 5.32 Å². The molecule has 1 aliphatic carbocycles. The summed E-state index contributed by atoms with van der Waals surface area (Å²) in [6.07, 6.45) is 8.86. The van der Waals surface area contributed by atoms with E-state index in [0.29, 0.717) is 18.9 Å². The minimum atomic E-state index is -0.504. The van der Waals surface area contributed by atoms with E-state index >= 15 is 0 Å². The molecule has 0 saturated heterocycles. The number of nitrogens with zero attached hydrogens (tertiary/aromatic N) is 2. The highest BCUT2D eigenvalue weighted by Crippen LogP contribution is 2.27. The molecule has 0 bridgehead atoms. The molecule has 6 nitrogen and oxygen atoms in total. The first kappa shape index (κ1) is 17.0. The monoisotopic (exact) mass is 292 g/mol. The van der Waals surface area contributed by atoms with Gasteiger partial charge in [0.2, 0.25) is 5.91 Å². The number of nitriles is 1. The summed E-state index contributed by atoms with van der Waals surface area (Å²) in [5, 5.41) is 12.4. The smallest absolute Gasteiger partial charge is 0.333 e. The lowest BCUT2D eigenvalue weighted by atomic mass is 9.86. The Hall–Kier alpha value is -2.03. The molecule has 1 saturated carbocycles. The standard InChI is InChI=1S/C15H24N4O2/c1-2-11-17-15(21)18-19(12-10-16)14(20)9-8-13-6-4-3-5-7-13/h2,13H,1,3-9,11-12H2,(H2,17,18,21). The van der Waals surface area contributed by atoms with Gasteiger partial charge in [-0.15, -0.1) is 6.58 Å². The van der Waals surface area contributed by atoms with Crippen LogP contribution in [0.1, 0.15) is 44.9 Å². The van der Waals surface area contributed by atoms with Crippen molar-refractivity contribution in [2.45, 2.75) is 44.9 Å². The average Bonchev–Trinajstić information content (AvgIpc) is 2.51. The minimum absolute atomic E-state index is 0.148. The van der Waals surface area contributed by atoms with Crippen LogP contribution >= 0.6 is 0 Å². The molecule has 2 N–H and O–H groups in total. The molecule has 0 radical (unpaired) electrons. The van der Waals surface area contributed by atoms with E-state index in [2.05, 4.69) is 17.3 Å². The molecule has 21 heavy (non-hydrogen) atoms. The van der Waals surface area contributed by atoms with Crippen molar-refractivity contribution < 1.29 is 9.59 Å². The molecule has 116 valence electrons. The van der Waals surface area contributed by atoms with Gasteiger partial charge in [0.1, 0.15) is 6.54 Å². The molecule has 0 spiro atoms. The summed E-state index contributed by atoms with van der Waals surface area (Å²) in [4.78, 5) is 23.6. The fourth-order valence-electron chi connectivity index (χ4n) is 2.53. The van der Waals surface area contributed by atoms with Gasteiger partial charge in [0.15, 0.2) is 0 Å². The van der Waals surface area contributed by atoms with Crippen molar-refractivity contribution in [3.05, 3.63) is 12.7 Å². The molecule has 0 aliphatic heterocycles. The van der Waals surface area contributed by atoms with Crippen molar-refractivity contribution in [3.63, 3.8) is 0 Å². The van der Waals surface area contributed by atoms with E-state index in [-0.39, 0.29) is 12.5 Å². The summed E-state index contributed by atoms with van der Waals surface area (Å²) < 4.78 is 0. The van der Waals surface area contributed by atoms with Crippen molar-refractivity contribution in [2.75, 3.05) is 13.1 Å². The highest BCUT2D eigenvalue weighted by atomic mass is 16.2. The molecular formula is C15H24N4O2. The first-order valence-corrected chi connectivity index (χ1v) is 7.50. The van der Waals surface area contributed by atoms with Crippen molar-refractivity contribution >= 4 is 11.9 Å². The number of hydrazine groups is 1. The number of hydrogen-bond acceptors (Lipinski definition) is 3. The number of nitrogens with one attached hydrogen (secondary N) is 2. The zero-order valence-corrected chi connectivity index (χ0v) is 12.4. The Kier molecular flexibility index (Phi) is 7.95. The summed E-state index contributed by atoms with van der Waals surface area (Å²) in [6, 6.07) is 1.39. The fourth-order valence-corrected chi connectivity index (χ4v) is 2.53. The zero-order valence-electron chi connectivity index (χ0n) is 12.4. The molecule has 0 aromatic carbocycles. The van der Waals surface area contributed by atoms with Crippen molar-refractivity contribution in [3.8, 4) is 6.07 Å². The highest BCUT2D eigenvalue weighted by Gasteiger charge is 2.19. The lowest BCUT2D eigenvalue weighted by molar-refractivity contribution is -0.133. The number of urea groups is 1. The maximum Gasteiger partial charge on any atom is 0.333 e. The second-order valence-corrected chi connectivity index (χ2v) is 5.29. The fraction of sp³-hybridized carbons (Fsp3) is 0.667. The summed E-state index contributed by atoms with van der Waals surface area (Å²) in [6.45, 7) is 3.65. The largest absolute Gasteiger partial charge is 0.333 e. The second-order valence-electron chi connectivity index (χ2n) is 5.29. The molecule has 1 fully saturated rings. The van der Waals surface area contributed by atoms with Gasteiger partial charge in [-0.3, -0.25) is 4.79 Å². The lowest BCUT2D eigenvalue weighted by Crippen LogP contribution is -2.50. The van der Waals surface area contributed by atoms with Gasteiger partial charge in [0.05, 0.1) is 6.07 Å². The van der Waals surface area contributed by atoms with Crippen molar-refractivity contribution in [1.82, 2.24) is 15.8 Å². The second kappa shape index (κ2) is 9.81. The Balaban J connectivity index is 2.38. The molecule has 0 aromatic heterocycles. The predicted molar refractivity (Wildman–Crippen MR) is 79.9 cm³/mol. The van der Waals surface area contributed by atoms with Gasteiger partial charge in [0.25, 0.3) is 0 Å². The van der Waals surface area contributed by atoms with Crippen LogP contribution in [0.3, 0.4) is 0 Å². The lowest BCUT2D eigenvalue weighted by Gasteiger charge is -2.24. The summed E-state index contributed by atoms with van der Waals surface area (Å²) in [5.41, 5.74) is 2.40. The molecule has 1 rings (SSSR count). The number of hydrogen-bond donors (Lipinski definition) is 2. The van der Waals surface area contributed by atoms with Crippen molar-refractivity contribution in [1.29, 1.82) is 5.26 Å². The zero-order chi connectivity index (χ0) is 15.5. The van der Waals surface area contributed by atoms with Gasteiger partial charge in [-0.25, -0.2) is 15.2 Å². The summed E-state index contributed by atoms with van der Waals surface area (Å²) in [7, 11) is 0.